The van der Waals surface area contributed by atoms with Crippen molar-refractivity contribution >= 4 is 22.3 Å². The smallest absolute Gasteiger partial charge is 0.207 e. The molecule has 5 heteroatoms. The third-order valence-electron chi connectivity index (χ3n) is 2.03. The third kappa shape index (κ3) is 4.63. The van der Waals surface area contributed by atoms with Crippen LogP contribution in [0.1, 0.15) is 0 Å². The zero-order chi connectivity index (χ0) is 11.8. The second-order valence-electron chi connectivity index (χ2n) is 3.34. The molecule has 2 N–H and O–H groups in total. The molecule has 0 aliphatic rings. The summed E-state index contributed by atoms with van der Waals surface area (Å²) in [6.07, 6.45) is 0.613. The van der Waals surface area contributed by atoms with Gasteiger partial charge in [0.1, 0.15) is 5.75 Å². The highest BCUT2D eigenvalue weighted by atomic mass is 79.9. The molecule has 0 fully saturated rings. The van der Waals surface area contributed by atoms with Crippen molar-refractivity contribution in [3.05, 3.63) is 28.7 Å². The van der Waals surface area contributed by atoms with Gasteiger partial charge in [0.15, 0.2) is 0 Å². The number of nitrogens with one attached hydrogen (secondary N) is 1. The molecule has 88 valence electrons. The number of aliphatic hydroxyl groups excluding tert-OH is 1. The fourth-order valence-electron chi connectivity index (χ4n) is 1.16. The maximum absolute atomic E-state index is 10.1. The van der Waals surface area contributed by atoms with Crippen LogP contribution in [0.25, 0.3) is 0 Å². The van der Waals surface area contributed by atoms with Gasteiger partial charge in [0.05, 0.1) is 13.2 Å². The Morgan fingerprint density at radius 1 is 1.56 bits per heavy atom. The fourth-order valence-corrected chi connectivity index (χ4v) is 1.54. The quantitative estimate of drug-likeness (QED) is 0.741. The molecule has 0 aliphatic heterocycles. The first-order valence-corrected chi connectivity index (χ1v) is 5.72. The van der Waals surface area contributed by atoms with Crippen molar-refractivity contribution in [2.75, 3.05) is 19.8 Å². The summed E-state index contributed by atoms with van der Waals surface area (Å²) in [7, 11) is 0. The molecule has 1 aromatic carbocycles. The first-order valence-electron chi connectivity index (χ1n) is 4.92. The summed E-state index contributed by atoms with van der Waals surface area (Å²) in [5.74, 6) is 0.642. The van der Waals surface area contributed by atoms with Gasteiger partial charge in [0, 0.05) is 16.9 Å². The highest BCUT2D eigenvalue weighted by molar-refractivity contribution is 9.10. The summed E-state index contributed by atoms with van der Waals surface area (Å²) >= 11 is 3.34. The van der Waals surface area contributed by atoms with E-state index in [9.17, 15) is 4.79 Å². The Balaban J connectivity index is 2.39. The van der Waals surface area contributed by atoms with E-state index in [1.807, 2.05) is 24.3 Å². The van der Waals surface area contributed by atoms with Gasteiger partial charge in [-0.15, -0.1) is 0 Å². The van der Waals surface area contributed by atoms with E-state index < -0.39 is 0 Å². The van der Waals surface area contributed by atoms with Crippen LogP contribution in [0.5, 0.6) is 5.75 Å². The normalized spacial score (nSPS) is 11.9. The van der Waals surface area contributed by atoms with Gasteiger partial charge in [0.25, 0.3) is 0 Å². The van der Waals surface area contributed by atoms with Crippen molar-refractivity contribution in [2.24, 2.45) is 5.92 Å². The molecular weight excluding hydrogens is 274 g/mol. The van der Waals surface area contributed by atoms with E-state index in [-0.39, 0.29) is 12.5 Å². The zero-order valence-electron chi connectivity index (χ0n) is 8.73. The van der Waals surface area contributed by atoms with Crippen molar-refractivity contribution in [3.63, 3.8) is 0 Å². The minimum absolute atomic E-state index is 0.0190. The van der Waals surface area contributed by atoms with Gasteiger partial charge in [-0.1, -0.05) is 22.0 Å². The van der Waals surface area contributed by atoms with E-state index in [0.29, 0.717) is 19.6 Å². The molecule has 16 heavy (non-hydrogen) atoms. The predicted octanol–water partition coefficient (Wildman–Crippen LogP) is 1.18. The lowest BCUT2D eigenvalue weighted by atomic mass is 10.2. The Morgan fingerprint density at radius 2 is 2.38 bits per heavy atom. The largest absolute Gasteiger partial charge is 0.493 e. The second kappa shape index (κ2) is 7.24. The molecule has 1 amide bonds. The number of hydrogen-bond acceptors (Lipinski definition) is 3. The average Bonchev–Trinajstić information content (AvgIpc) is 2.29. The molecule has 1 aromatic rings. The van der Waals surface area contributed by atoms with Gasteiger partial charge in [0.2, 0.25) is 6.41 Å². The number of carbonyl (C=O) groups excluding carboxylic acids is 1. The van der Waals surface area contributed by atoms with Gasteiger partial charge in [-0.05, 0) is 18.2 Å². The van der Waals surface area contributed by atoms with Crippen LogP contribution < -0.4 is 10.1 Å². The molecular formula is C11H14BrNO3. The van der Waals surface area contributed by atoms with E-state index in [4.69, 9.17) is 9.84 Å². The van der Waals surface area contributed by atoms with Gasteiger partial charge >= 0.3 is 0 Å². The minimum atomic E-state index is -0.0934. The van der Waals surface area contributed by atoms with E-state index in [1.165, 1.54) is 0 Å². The number of rotatable bonds is 7. The second-order valence-corrected chi connectivity index (χ2v) is 4.26. The highest BCUT2D eigenvalue weighted by Gasteiger charge is 2.07. The Bertz CT molecular complexity index is 333. The van der Waals surface area contributed by atoms with Crippen LogP contribution in [-0.4, -0.2) is 31.3 Å². The Morgan fingerprint density at radius 3 is 3.00 bits per heavy atom. The van der Waals surface area contributed by atoms with Gasteiger partial charge in [-0.2, -0.15) is 0 Å². The molecule has 1 rings (SSSR count). The number of amides is 1. The fraction of sp³-hybridized carbons (Fsp3) is 0.364. The van der Waals surface area contributed by atoms with Crippen LogP contribution in [0.4, 0.5) is 0 Å². The Hall–Kier alpha value is -1.07. The lowest BCUT2D eigenvalue weighted by Gasteiger charge is -2.14. The zero-order valence-corrected chi connectivity index (χ0v) is 10.3. The summed E-state index contributed by atoms with van der Waals surface area (Å²) < 4.78 is 6.43. The first kappa shape index (κ1) is 13.0. The van der Waals surface area contributed by atoms with E-state index in [1.54, 1.807) is 0 Å². The van der Waals surface area contributed by atoms with Crippen molar-refractivity contribution in [1.82, 2.24) is 5.32 Å². The molecule has 0 heterocycles. The SMILES string of the molecule is O=CNC[C@H](CO)COc1cccc(Br)c1. The summed E-state index contributed by atoms with van der Waals surface area (Å²) in [6, 6.07) is 7.47. The maximum Gasteiger partial charge on any atom is 0.207 e. The van der Waals surface area contributed by atoms with Crippen LogP contribution in [0.2, 0.25) is 0 Å². The molecule has 4 nitrogen and oxygen atoms in total. The third-order valence-corrected chi connectivity index (χ3v) is 2.52. The molecule has 0 saturated carbocycles. The summed E-state index contributed by atoms with van der Waals surface area (Å²) in [5, 5.41) is 11.6. The number of aliphatic hydroxyl groups is 1. The van der Waals surface area contributed by atoms with Crippen molar-refractivity contribution < 1.29 is 14.6 Å². The van der Waals surface area contributed by atoms with Crippen LogP contribution >= 0.6 is 15.9 Å². The standard InChI is InChI=1S/C11H14BrNO3/c12-10-2-1-3-11(4-10)16-7-9(6-14)5-13-8-15/h1-4,8-9,14H,5-7H2,(H,13,15)/t9-/m1/s1. The number of ether oxygens (including phenoxy) is 1. The topological polar surface area (TPSA) is 58.6 Å². The number of hydrogen-bond donors (Lipinski definition) is 2. The van der Waals surface area contributed by atoms with Crippen LogP contribution in [0.15, 0.2) is 28.7 Å². The lowest BCUT2D eigenvalue weighted by molar-refractivity contribution is -0.109. The lowest BCUT2D eigenvalue weighted by Crippen LogP contribution is -2.28. The molecule has 0 radical (unpaired) electrons. The monoisotopic (exact) mass is 287 g/mol. The summed E-state index contributed by atoms with van der Waals surface area (Å²) in [5.41, 5.74) is 0. The van der Waals surface area contributed by atoms with Crippen LogP contribution in [0.3, 0.4) is 0 Å². The van der Waals surface area contributed by atoms with E-state index in [2.05, 4.69) is 21.2 Å². The highest BCUT2D eigenvalue weighted by Crippen LogP contribution is 2.18. The number of benzene rings is 1. The van der Waals surface area contributed by atoms with Crippen molar-refractivity contribution in [2.45, 2.75) is 0 Å². The van der Waals surface area contributed by atoms with Crippen LogP contribution in [-0.2, 0) is 4.79 Å². The van der Waals surface area contributed by atoms with E-state index in [0.717, 1.165) is 10.2 Å². The molecule has 1 atom stereocenters. The summed E-state index contributed by atoms with van der Waals surface area (Å²) in [4.78, 5) is 10.1. The van der Waals surface area contributed by atoms with Crippen molar-refractivity contribution in [1.29, 1.82) is 0 Å². The molecule has 0 unspecified atom stereocenters. The minimum Gasteiger partial charge on any atom is -0.493 e. The molecule has 0 bridgehead atoms. The Kier molecular flexibility index (Phi) is 5.88. The molecule has 0 saturated heterocycles. The van der Waals surface area contributed by atoms with Gasteiger partial charge in [-0.25, -0.2) is 0 Å². The number of carbonyl (C=O) groups is 1. The van der Waals surface area contributed by atoms with Gasteiger partial charge < -0.3 is 15.2 Å². The Labute approximate surface area is 103 Å². The average molecular weight is 288 g/mol. The van der Waals surface area contributed by atoms with Crippen molar-refractivity contribution in [3.8, 4) is 5.75 Å². The molecule has 0 spiro atoms. The van der Waals surface area contributed by atoms with Gasteiger partial charge in [-0.3, -0.25) is 4.79 Å². The van der Waals surface area contributed by atoms with Crippen LogP contribution in [0, 0.1) is 5.92 Å². The first-order chi connectivity index (χ1) is 7.76. The molecule has 0 aromatic heterocycles. The molecule has 0 aliphatic carbocycles. The maximum atomic E-state index is 10.1. The predicted molar refractivity (Wildman–Crippen MR) is 64.3 cm³/mol. The number of halogens is 1. The summed E-state index contributed by atoms with van der Waals surface area (Å²) in [6.45, 7) is 0.761. The van der Waals surface area contributed by atoms with E-state index >= 15 is 0 Å².